The first kappa shape index (κ1) is 12.0. The van der Waals surface area contributed by atoms with Crippen molar-refractivity contribution in [3.05, 3.63) is 47.5 Å². The zero-order valence-corrected chi connectivity index (χ0v) is 9.54. The number of rotatable bonds is 2. The highest BCUT2D eigenvalue weighted by molar-refractivity contribution is 5.65. The van der Waals surface area contributed by atoms with Gasteiger partial charge < -0.3 is 5.32 Å². The van der Waals surface area contributed by atoms with Crippen LogP contribution < -0.4 is 5.32 Å². The topological polar surface area (TPSA) is 48.7 Å². The molecule has 0 amide bonds. The molecule has 0 saturated carbocycles. The molecular formula is C13H9F2N3. The monoisotopic (exact) mass is 245 g/mol. The number of hydrogen-bond donors (Lipinski definition) is 1. The molecule has 0 bridgehead atoms. The molecule has 1 aromatic heterocycles. The lowest BCUT2D eigenvalue weighted by atomic mass is 10.1. The van der Waals surface area contributed by atoms with Gasteiger partial charge in [0, 0.05) is 12.6 Å². The molecule has 2 rings (SSSR count). The number of nitriles is 1. The van der Waals surface area contributed by atoms with E-state index in [0.717, 1.165) is 18.2 Å². The van der Waals surface area contributed by atoms with Crippen molar-refractivity contribution in [1.82, 2.24) is 4.98 Å². The lowest BCUT2D eigenvalue weighted by Gasteiger charge is -2.07. The second-order valence-electron chi connectivity index (χ2n) is 3.58. The number of nitrogens with one attached hydrogen (secondary N) is 1. The molecule has 3 nitrogen and oxygen atoms in total. The first-order valence-electron chi connectivity index (χ1n) is 5.20. The van der Waals surface area contributed by atoms with Crippen LogP contribution in [0.25, 0.3) is 11.3 Å². The van der Waals surface area contributed by atoms with Crippen LogP contribution in [0.5, 0.6) is 0 Å². The van der Waals surface area contributed by atoms with E-state index in [2.05, 4.69) is 10.3 Å². The van der Waals surface area contributed by atoms with Crippen molar-refractivity contribution in [3.63, 3.8) is 0 Å². The number of benzene rings is 1. The second-order valence-corrected chi connectivity index (χ2v) is 3.58. The average Bonchev–Trinajstić information content (AvgIpc) is 2.40. The summed E-state index contributed by atoms with van der Waals surface area (Å²) in [6.45, 7) is 0. The van der Waals surface area contributed by atoms with Gasteiger partial charge >= 0.3 is 0 Å². The van der Waals surface area contributed by atoms with Crippen molar-refractivity contribution < 1.29 is 8.78 Å². The zero-order chi connectivity index (χ0) is 13.1. The highest BCUT2D eigenvalue weighted by Gasteiger charge is 2.10. The Kier molecular flexibility index (Phi) is 3.20. The van der Waals surface area contributed by atoms with Crippen LogP contribution in [0.3, 0.4) is 0 Å². The molecule has 0 spiro atoms. The Labute approximate surface area is 103 Å². The van der Waals surface area contributed by atoms with Crippen molar-refractivity contribution in [2.24, 2.45) is 0 Å². The van der Waals surface area contributed by atoms with E-state index in [1.807, 2.05) is 6.07 Å². The van der Waals surface area contributed by atoms with Crippen molar-refractivity contribution in [2.45, 2.75) is 0 Å². The first-order chi connectivity index (χ1) is 8.65. The number of anilines is 1. The molecule has 1 heterocycles. The van der Waals surface area contributed by atoms with E-state index >= 15 is 0 Å². The summed E-state index contributed by atoms with van der Waals surface area (Å²) in [5.74, 6) is -0.766. The number of pyridine rings is 1. The van der Waals surface area contributed by atoms with Crippen molar-refractivity contribution in [2.75, 3.05) is 12.4 Å². The molecule has 0 saturated heterocycles. The molecule has 0 aliphatic carbocycles. The zero-order valence-electron chi connectivity index (χ0n) is 9.54. The van der Waals surface area contributed by atoms with E-state index in [0.29, 0.717) is 11.4 Å². The van der Waals surface area contributed by atoms with Crippen molar-refractivity contribution in [1.29, 1.82) is 5.26 Å². The Balaban J connectivity index is 2.58. The highest BCUT2D eigenvalue weighted by atomic mass is 19.1. The predicted octanol–water partition coefficient (Wildman–Crippen LogP) is 2.94. The van der Waals surface area contributed by atoms with Gasteiger partial charge in [-0.2, -0.15) is 5.26 Å². The molecule has 0 aliphatic rings. The maximum absolute atomic E-state index is 13.6. The SMILES string of the molecule is CNc1nc(-c2cc(F)ccc2F)ccc1C#N. The maximum Gasteiger partial charge on any atom is 0.144 e. The number of hydrogen-bond acceptors (Lipinski definition) is 3. The Morgan fingerprint density at radius 2 is 2.00 bits per heavy atom. The minimum Gasteiger partial charge on any atom is -0.372 e. The van der Waals surface area contributed by atoms with Gasteiger partial charge in [0.15, 0.2) is 0 Å². The molecule has 90 valence electrons. The Morgan fingerprint density at radius 1 is 1.22 bits per heavy atom. The van der Waals surface area contributed by atoms with Crippen LogP contribution in [0.1, 0.15) is 5.56 Å². The Bertz CT molecular complexity index is 633. The molecule has 0 fully saturated rings. The molecular weight excluding hydrogens is 236 g/mol. The largest absolute Gasteiger partial charge is 0.372 e. The minimum atomic E-state index is -0.560. The van der Waals surface area contributed by atoms with E-state index in [9.17, 15) is 8.78 Å². The molecule has 18 heavy (non-hydrogen) atoms. The van der Waals surface area contributed by atoms with Gasteiger partial charge in [0.05, 0.1) is 11.3 Å². The fourth-order valence-electron chi connectivity index (χ4n) is 1.58. The molecule has 0 atom stereocenters. The summed E-state index contributed by atoms with van der Waals surface area (Å²) in [5, 5.41) is 11.6. The summed E-state index contributed by atoms with van der Waals surface area (Å²) < 4.78 is 26.7. The van der Waals surface area contributed by atoms with E-state index in [4.69, 9.17) is 5.26 Å². The summed E-state index contributed by atoms with van der Waals surface area (Å²) >= 11 is 0. The quantitative estimate of drug-likeness (QED) is 0.884. The summed E-state index contributed by atoms with van der Waals surface area (Å²) in [4.78, 5) is 4.09. The molecule has 5 heteroatoms. The fourth-order valence-corrected chi connectivity index (χ4v) is 1.58. The molecule has 1 N–H and O–H groups in total. The van der Waals surface area contributed by atoms with Gasteiger partial charge in [0.1, 0.15) is 23.5 Å². The van der Waals surface area contributed by atoms with Gasteiger partial charge in [-0.05, 0) is 30.3 Å². The normalized spacial score (nSPS) is 9.89. The molecule has 0 unspecified atom stereocenters. The summed E-state index contributed by atoms with van der Waals surface area (Å²) in [6.07, 6.45) is 0. The van der Waals surface area contributed by atoms with Crippen molar-refractivity contribution >= 4 is 5.82 Å². The van der Waals surface area contributed by atoms with E-state index < -0.39 is 11.6 Å². The third-order valence-electron chi connectivity index (χ3n) is 2.46. The van der Waals surface area contributed by atoms with E-state index in [-0.39, 0.29) is 11.3 Å². The van der Waals surface area contributed by atoms with Crippen LogP contribution in [0, 0.1) is 23.0 Å². The van der Waals surface area contributed by atoms with Gasteiger partial charge in [0.2, 0.25) is 0 Å². The fraction of sp³-hybridized carbons (Fsp3) is 0.0769. The maximum atomic E-state index is 13.6. The molecule has 1 aromatic carbocycles. The Hall–Kier alpha value is -2.48. The summed E-state index contributed by atoms with van der Waals surface area (Å²) in [5.41, 5.74) is 0.685. The summed E-state index contributed by atoms with van der Waals surface area (Å²) in [7, 11) is 1.61. The van der Waals surface area contributed by atoms with Gasteiger partial charge in [-0.1, -0.05) is 0 Å². The lowest BCUT2D eigenvalue weighted by molar-refractivity contribution is 0.602. The number of halogens is 2. The van der Waals surface area contributed by atoms with Gasteiger partial charge in [-0.25, -0.2) is 13.8 Å². The third kappa shape index (κ3) is 2.13. The Morgan fingerprint density at radius 3 is 2.67 bits per heavy atom. The standard InChI is InChI=1S/C13H9F2N3/c1-17-13-8(7-16)2-5-12(18-13)10-6-9(14)3-4-11(10)15/h2-6H,1H3,(H,17,18). The summed E-state index contributed by atoms with van der Waals surface area (Å²) in [6, 6.07) is 8.12. The van der Waals surface area contributed by atoms with E-state index in [1.165, 1.54) is 12.1 Å². The van der Waals surface area contributed by atoms with Crippen molar-refractivity contribution in [3.8, 4) is 17.3 Å². The second kappa shape index (κ2) is 4.80. The predicted molar refractivity (Wildman–Crippen MR) is 63.9 cm³/mol. The molecule has 0 aliphatic heterocycles. The van der Waals surface area contributed by atoms with E-state index in [1.54, 1.807) is 7.05 Å². The van der Waals surface area contributed by atoms with Crippen LogP contribution >= 0.6 is 0 Å². The van der Waals surface area contributed by atoms with Gasteiger partial charge in [0.25, 0.3) is 0 Å². The molecule has 2 aromatic rings. The smallest absolute Gasteiger partial charge is 0.144 e. The van der Waals surface area contributed by atoms with Gasteiger partial charge in [-0.3, -0.25) is 0 Å². The highest BCUT2D eigenvalue weighted by Crippen LogP contribution is 2.24. The van der Waals surface area contributed by atoms with Crippen LogP contribution in [0.15, 0.2) is 30.3 Å². The third-order valence-corrected chi connectivity index (χ3v) is 2.46. The average molecular weight is 245 g/mol. The number of nitrogens with zero attached hydrogens (tertiary/aromatic N) is 2. The van der Waals surface area contributed by atoms with Crippen LogP contribution in [0.4, 0.5) is 14.6 Å². The lowest BCUT2D eigenvalue weighted by Crippen LogP contribution is -1.98. The van der Waals surface area contributed by atoms with Crippen LogP contribution in [0.2, 0.25) is 0 Å². The van der Waals surface area contributed by atoms with Gasteiger partial charge in [-0.15, -0.1) is 0 Å². The minimum absolute atomic E-state index is 0.0657. The first-order valence-corrected chi connectivity index (χ1v) is 5.20. The molecule has 0 radical (unpaired) electrons. The van der Waals surface area contributed by atoms with Crippen LogP contribution in [-0.2, 0) is 0 Å². The number of aromatic nitrogens is 1. The van der Waals surface area contributed by atoms with Crippen LogP contribution in [-0.4, -0.2) is 12.0 Å².